The smallest absolute Gasteiger partial charge is 0.321 e. The zero-order valence-electron chi connectivity index (χ0n) is 12.5. The Morgan fingerprint density at radius 1 is 1.30 bits per heavy atom. The number of urea groups is 1. The van der Waals surface area contributed by atoms with Gasteiger partial charge >= 0.3 is 6.03 Å². The van der Waals surface area contributed by atoms with Gasteiger partial charge < -0.3 is 15.8 Å². The molecule has 3 rings (SSSR count). The molecule has 3 amide bonds. The number of benzene rings is 1. The Labute approximate surface area is 137 Å². The number of ether oxygens (including phenoxy) is 1. The highest BCUT2D eigenvalue weighted by Gasteiger charge is 2.38. The summed E-state index contributed by atoms with van der Waals surface area (Å²) in [6.07, 6.45) is 1.04. The SMILES string of the molecule is NC(=O)C1(CNC(=O)Nc2nc3ccccc3s2)CCOCC1. The molecule has 0 bridgehead atoms. The van der Waals surface area contributed by atoms with E-state index < -0.39 is 17.4 Å². The maximum atomic E-state index is 12.1. The Hall–Kier alpha value is -2.19. The highest BCUT2D eigenvalue weighted by atomic mass is 32.1. The molecule has 122 valence electrons. The van der Waals surface area contributed by atoms with Gasteiger partial charge in [-0.3, -0.25) is 10.1 Å². The topological polar surface area (TPSA) is 106 Å². The molecule has 1 fully saturated rings. The van der Waals surface area contributed by atoms with Crippen molar-refractivity contribution in [3.63, 3.8) is 0 Å². The lowest BCUT2D eigenvalue weighted by Gasteiger charge is -2.34. The van der Waals surface area contributed by atoms with Crippen LogP contribution in [-0.2, 0) is 9.53 Å². The lowest BCUT2D eigenvalue weighted by atomic mass is 9.79. The summed E-state index contributed by atoms with van der Waals surface area (Å²) in [4.78, 5) is 28.1. The van der Waals surface area contributed by atoms with E-state index in [9.17, 15) is 9.59 Å². The van der Waals surface area contributed by atoms with Crippen molar-refractivity contribution in [1.82, 2.24) is 10.3 Å². The average Bonchev–Trinajstić information content (AvgIpc) is 2.96. The van der Waals surface area contributed by atoms with Crippen molar-refractivity contribution in [2.75, 3.05) is 25.1 Å². The van der Waals surface area contributed by atoms with E-state index in [2.05, 4.69) is 15.6 Å². The fraction of sp³-hybridized carbons (Fsp3) is 0.400. The van der Waals surface area contributed by atoms with Crippen molar-refractivity contribution in [2.45, 2.75) is 12.8 Å². The molecule has 1 saturated heterocycles. The highest BCUT2D eigenvalue weighted by molar-refractivity contribution is 7.22. The standard InChI is InChI=1S/C15H18N4O3S/c16-12(20)15(5-7-22-8-6-15)9-17-13(21)19-14-18-10-3-1-2-4-11(10)23-14/h1-4H,5-9H2,(H2,16,20)(H2,17,18,19,21). The first kappa shape index (κ1) is 15.7. The highest BCUT2D eigenvalue weighted by Crippen LogP contribution is 2.29. The monoisotopic (exact) mass is 334 g/mol. The largest absolute Gasteiger partial charge is 0.381 e. The predicted octanol–water partition coefficient (Wildman–Crippen LogP) is 1.70. The molecule has 0 unspecified atom stereocenters. The quantitative estimate of drug-likeness (QED) is 0.791. The third kappa shape index (κ3) is 3.43. The number of amides is 3. The molecule has 0 spiro atoms. The van der Waals surface area contributed by atoms with Gasteiger partial charge in [0.2, 0.25) is 5.91 Å². The van der Waals surface area contributed by atoms with E-state index in [4.69, 9.17) is 10.5 Å². The van der Waals surface area contributed by atoms with Crippen molar-refractivity contribution in [1.29, 1.82) is 0 Å². The second kappa shape index (κ2) is 6.51. The van der Waals surface area contributed by atoms with E-state index in [1.165, 1.54) is 11.3 Å². The number of rotatable bonds is 4. The third-order valence-electron chi connectivity index (χ3n) is 4.07. The fourth-order valence-corrected chi connectivity index (χ4v) is 3.45. The normalized spacial score (nSPS) is 16.9. The number of nitrogens with one attached hydrogen (secondary N) is 2. The van der Waals surface area contributed by atoms with E-state index in [1.54, 1.807) is 0 Å². The zero-order chi connectivity index (χ0) is 16.3. The Bertz CT molecular complexity index is 691. The minimum absolute atomic E-state index is 0.197. The van der Waals surface area contributed by atoms with Gasteiger partial charge in [0.25, 0.3) is 0 Å². The third-order valence-corrected chi connectivity index (χ3v) is 5.03. The molecule has 1 aliphatic heterocycles. The van der Waals surface area contributed by atoms with Crippen molar-refractivity contribution < 1.29 is 14.3 Å². The molecular formula is C15H18N4O3S. The Morgan fingerprint density at radius 2 is 2.04 bits per heavy atom. The number of hydrogen-bond acceptors (Lipinski definition) is 5. The molecule has 4 N–H and O–H groups in total. The number of hydrogen-bond donors (Lipinski definition) is 3. The van der Waals surface area contributed by atoms with Gasteiger partial charge in [-0.15, -0.1) is 0 Å². The molecule has 7 nitrogen and oxygen atoms in total. The van der Waals surface area contributed by atoms with Crippen LogP contribution in [0.2, 0.25) is 0 Å². The van der Waals surface area contributed by atoms with Gasteiger partial charge in [0.15, 0.2) is 5.13 Å². The first-order chi connectivity index (χ1) is 11.1. The van der Waals surface area contributed by atoms with Crippen LogP contribution in [-0.4, -0.2) is 36.7 Å². The number of carbonyl (C=O) groups excluding carboxylic acids is 2. The Morgan fingerprint density at radius 3 is 2.74 bits per heavy atom. The second-order valence-electron chi connectivity index (χ2n) is 5.55. The van der Waals surface area contributed by atoms with Gasteiger partial charge in [0.1, 0.15) is 0 Å². The van der Waals surface area contributed by atoms with E-state index in [0.717, 1.165) is 10.2 Å². The summed E-state index contributed by atoms with van der Waals surface area (Å²) in [6.45, 7) is 1.15. The van der Waals surface area contributed by atoms with Crippen LogP contribution in [0.4, 0.5) is 9.93 Å². The Balaban J connectivity index is 1.61. The van der Waals surface area contributed by atoms with Crippen molar-refractivity contribution in [3.8, 4) is 0 Å². The van der Waals surface area contributed by atoms with Crippen molar-refractivity contribution >= 4 is 38.6 Å². The minimum atomic E-state index is -0.733. The van der Waals surface area contributed by atoms with Gasteiger partial charge in [-0.2, -0.15) is 0 Å². The summed E-state index contributed by atoms with van der Waals surface area (Å²) >= 11 is 1.40. The summed E-state index contributed by atoms with van der Waals surface area (Å²) in [7, 11) is 0. The molecule has 0 saturated carbocycles. The molecule has 2 heterocycles. The van der Waals surface area contributed by atoms with Crippen molar-refractivity contribution in [2.24, 2.45) is 11.1 Å². The first-order valence-electron chi connectivity index (χ1n) is 7.37. The van der Waals surface area contributed by atoms with Crippen molar-refractivity contribution in [3.05, 3.63) is 24.3 Å². The summed E-state index contributed by atoms with van der Waals surface area (Å²) in [5.41, 5.74) is 5.62. The molecule has 0 atom stereocenters. The van der Waals surface area contributed by atoms with Crippen LogP contribution in [0.1, 0.15) is 12.8 Å². The number of nitrogens with zero attached hydrogens (tertiary/aromatic N) is 1. The molecular weight excluding hydrogens is 316 g/mol. The minimum Gasteiger partial charge on any atom is -0.381 e. The molecule has 1 aromatic heterocycles. The van der Waals surface area contributed by atoms with Crippen LogP contribution >= 0.6 is 11.3 Å². The first-order valence-corrected chi connectivity index (χ1v) is 8.19. The molecule has 23 heavy (non-hydrogen) atoms. The van der Waals surface area contributed by atoms with E-state index >= 15 is 0 Å². The summed E-state index contributed by atoms with van der Waals surface area (Å²) in [5.74, 6) is -0.402. The number of carbonyl (C=O) groups is 2. The molecule has 1 aromatic carbocycles. The number of fused-ring (bicyclic) bond motifs is 1. The molecule has 2 aromatic rings. The Kier molecular flexibility index (Phi) is 4.44. The second-order valence-corrected chi connectivity index (χ2v) is 6.58. The zero-order valence-corrected chi connectivity index (χ0v) is 13.3. The molecule has 8 heteroatoms. The molecule has 1 aliphatic rings. The number of thiazole rings is 1. The fourth-order valence-electron chi connectivity index (χ4n) is 2.59. The molecule has 0 radical (unpaired) electrons. The van der Waals surface area contributed by atoms with E-state index in [0.29, 0.717) is 31.2 Å². The summed E-state index contributed by atoms with van der Waals surface area (Å²) in [6, 6.07) is 7.26. The lowest BCUT2D eigenvalue weighted by Crippen LogP contribution is -2.50. The maximum Gasteiger partial charge on any atom is 0.321 e. The number of para-hydroxylation sites is 1. The van der Waals surface area contributed by atoms with Crippen LogP contribution in [0.15, 0.2) is 24.3 Å². The summed E-state index contributed by atoms with van der Waals surface area (Å²) in [5, 5.41) is 5.95. The average molecular weight is 334 g/mol. The number of nitrogens with two attached hydrogens (primary N) is 1. The van der Waals surface area contributed by atoms with Gasteiger partial charge in [-0.1, -0.05) is 23.5 Å². The number of primary amides is 1. The van der Waals surface area contributed by atoms with Gasteiger partial charge in [-0.25, -0.2) is 9.78 Å². The van der Waals surface area contributed by atoms with Gasteiger partial charge in [0.05, 0.1) is 15.6 Å². The van der Waals surface area contributed by atoms with E-state index in [1.807, 2.05) is 24.3 Å². The molecule has 0 aliphatic carbocycles. The van der Waals surface area contributed by atoms with Crippen LogP contribution in [0.5, 0.6) is 0 Å². The van der Waals surface area contributed by atoms with Crippen LogP contribution in [0, 0.1) is 5.41 Å². The van der Waals surface area contributed by atoms with Crippen LogP contribution in [0.25, 0.3) is 10.2 Å². The van der Waals surface area contributed by atoms with Gasteiger partial charge in [-0.05, 0) is 25.0 Å². The number of anilines is 1. The van der Waals surface area contributed by atoms with Gasteiger partial charge in [0, 0.05) is 19.8 Å². The number of aromatic nitrogens is 1. The van der Waals surface area contributed by atoms with Crippen LogP contribution < -0.4 is 16.4 Å². The van der Waals surface area contributed by atoms with Crippen LogP contribution in [0.3, 0.4) is 0 Å². The maximum absolute atomic E-state index is 12.1. The predicted molar refractivity (Wildman–Crippen MR) is 88.3 cm³/mol. The van der Waals surface area contributed by atoms with E-state index in [-0.39, 0.29) is 6.54 Å². The lowest BCUT2D eigenvalue weighted by molar-refractivity contribution is -0.132. The summed E-state index contributed by atoms with van der Waals surface area (Å²) < 4.78 is 6.27.